The molecule has 0 radical (unpaired) electrons. The Hall–Kier alpha value is -3.35. The Morgan fingerprint density at radius 2 is 1.79 bits per heavy atom. The lowest BCUT2D eigenvalue weighted by molar-refractivity contribution is 0.0944. The number of nitrogens with zero attached hydrogens (tertiary/aromatic N) is 2. The van der Waals surface area contributed by atoms with Crippen LogP contribution in [-0.4, -0.2) is 36.5 Å². The average Bonchev–Trinajstić information content (AvgIpc) is 3.10. The van der Waals surface area contributed by atoms with Crippen molar-refractivity contribution in [3.8, 4) is 22.8 Å². The fourth-order valence-corrected chi connectivity index (χ4v) is 2.89. The van der Waals surface area contributed by atoms with Crippen molar-refractivity contribution in [3.63, 3.8) is 0 Å². The van der Waals surface area contributed by atoms with E-state index in [0.29, 0.717) is 35.9 Å². The summed E-state index contributed by atoms with van der Waals surface area (Å²) in [6, 6.07) is 13.4. The van der Waals surface area contributed by atoms with E-state index in [2.05, 4.69) is 10.4 Å². The van der Waals surface area contributed by atoms with Crippen molar-refractivity contribution in [1.29, 1.82) is 0 Å². The number of rotatable bonds is 7. The van der Waals surface area contributed by atoms with Gasteiger partial charge in [-0.2, -0.15) is 5.10 Å². The number of amides is 1. The highest BCUT2D eigenvalue weighted by atomic mass is 19.1. The van der Waals surface area contributed by atoms with Crippen molar-refractivity contribution < 1.29 is 18.7 Å². The summed E-state index contributed by atoms with van der Waals surface area (Å²) in [5.41, 5.74) is 2.83. The Labute approximate surface area is 162 Å². The summed E-state index contributed by atoms with van der Waals surface area (Å²) in [5.74, 6) is 0.789. The van der Waals surface area contributed by atoms with Crippen LogP contribution in [0.15, 0.2) is 48.5 Å². The molecule has 0 fully saturated rings. The first-order chi connectivity index (χ1) is 13.5. The van der Waals surface area contributed by atoms with Crippen LogP contribution >= 0.6 is 0 Å². The lowest BCUT2D eigenvalue weighted by Crippen LogP contribution is -2.27. The van der Waals surface area contributed by atoms with Crippen LogP contribution in [0.1, 0.15) is 16.1 Å². The highest BCUT2D eigenvalue weighted by molar-refractivity contribution is 5.93. The number of nitrogens with one attached hydrogen (secondary N) is 1. The predicted octanol–water partition coefficient (Wildman–Crippen LogP) is 3.22. The summed E-state index contributed by atoms with van der Waals surface area (Å²) in [6.07, 6.45) is 0.648. The first-order valence-electron chi connectivity index (χ1n) is 8.81. The summed E-state index contributed by atoms with van der Waals surface area (Å²) in [4.78, 5) is 12.5. The average molecular weight is 383 g/mol. The fourth-order valence-electron chi connectivity index (χ4n) is 2.89. The molecule has 0 unspecified atom stereocenters. The molecule has 28 heavy (non-hydrogen) atoms. The normalized spacial score (nSPS) is 10.6. The SMILES string of the molecule is COc1ccc(CCNC(=O)c2cc(-c3ccc(F)cc3)nn2C)cc1OC. The largest absolute Gasteiger partial charge is 0.493 e. The lowest BCUT2D eigenvalue weighted by atomic mass is 10.1. The van der Waals surface area contributed by atoms with Gasteiger partial charge in [-0.15, -0.1) is 0 Å². The van der Waals surface area contributed by atoms with Gasteiger partial charge in [0, 0.05) is 19.2 Å². The maximum absolute atomic E-state index is 13.1. The Morgan fingerprint density at radius 1 is 1.07 bits per heavy atom. The summed E-state index contributed by atoms with van der Waals surface area (Å²) in [7, 11) is 4.88. The van der Waals surface area contributed by atoms with Gasteiger partial charge >= 0.3 is 0 Å². The summed E-state index contributed by atoms with van der Waals surface area (Å²) in [6.45, 7) is 0.464. The van der Waals surface area contributed by atoms with Crippen LogP contribution in [0, 0.1) is 5.82 Å². The zero-order chi connectivity index (χ0) is 20.1. The van der Waals surface area contributed by atoms with E-state index < -0.39 is 0 Å². The number of aromatic nitrogens is 2. The van der Waals surface area contributed by atoms with Gasteiger partial charge in [0.2, 0.25) is 0 Å². The molecular formula is C21H22FN3O3. The predicted molar refractivity (Wildman–Crippen MR) is 104 cm³/mol. The number of halogens is 1. The summed E-state index contributed by atoms with van der Waals surface area (Å²) < 4.78 is 25.1. The van der Waals surface area contributed by atoms with Gasteiger partial charge in [0.1, 0.15) is 11.5 Å². The molecule has 6 nitrogen and oxygen atoms in total. The first-order valence-corrected chi connectivity index (χ1v) is 8.81. The van der Waals surface area contributed by atoms with Crippen LogP contribution in [0.5, 0.6) is 11.5 Å². The first kappa shape index (κ1) is 19.4. The monoisotopic (exact) mass is 383 g/mol. The van der Waals surface area contributed by atoms with Crippen LogP contribution in [-0.2, 0) is 13.5 Å². The topological polar surface area (TPSA) is 65.4 Å². The molecule has 0 aliphatic heterocycles. The Kier molecular flexibility index (Phi) is 5.93. The molecule has 3 rings (SSSR count). The molecule has 1 N–H and O–H groups in total. The molecule has 1 heterocycles. The van der Waals surface area contributed by atoms with Crippen LogP contribution < -0.4 is 14.8 Å². The Bertz CT molecular complexity index is 968. The number of methoxy groups -OCH3 is 2. The van der Waals surface area contributed by atoms with E-state index >= 15 is 0 Å². The number of ether oxygens (including phenoxy) is 2. The Balaban J connectivity index is 1.63. The van der Waals surface area contributed by atoms with Crippen molar-refractivity contribution in [1.82, 2.24) is 15.1 Å². The molecule has 3 aromatic rings. The molecule has 1 aromatic heterocycles. The summed E-state index contributed by atoms with van der Waals surface area (Å²) >= 11 is 0. The van der Waals surface area contributed by atoms with Crippen molar-refractivity contribution in [2.45, 2.75) is 6.42 Å². The van der Waals surface area contributed by atoms with Crippen molar-refractivity contribution >= 4 is 5.91 Å². The van der Waals surface area contributed by atoms with E-state index in [1.54, 1.807) is 39.5 Å². The van der Waals surface area contributed by atoms with E-state index in [1.807, 2.05) is 18.2 Å². The summed E-state index contributed by atoms with van der Waals surface area (Å²) in [5, 5.41) is 7.24. The quantitative estimate of drug-likeness (QED) is 0.680. The molecule has 0 saturated heterocycles. The third-order valence-electron chi connectivity index (χ3n) is 4.40. The second-order valence-corrected chi connectivity index (χ2v) is 6.24. The number of aryl methyl sites for hydroxylation is 1. The maximum Gasteiger partial charge on any atom is 0.269 e. The molecule has 2 aromatic carbocycles. The number of benzene rings is 2. The standard InChI is InChI=1S/C21H22FN3O3/c1-25-18(13-17(24-25)15-5-7-16(22)8-6-15)21(26)23-11-10-14-4-9-19(27-2)20(12-14)28-3/h4-9,12-13H,10-11H2,1-3H3,(H,23,26). The third kappa shape index (κ3) is 4.31. The highest BCUT2D eigenvalue weighted by Gasteiger charge is 2.14. The van der Waals surface area contributed by atoms with Gasteiger partial charge in [-0.05, 0) is 54.4 Å². The number of carbonyl (C=O) groups is 1. The molecule has 1 amide bonds. The molecule has 0 spiro atoms. The zero-order valence-electron chi connectivity index (χ0n) is 16.0. The lowest BCUT2D eigenvalue weighted by Gasteiger charge is -2.10. The molecular weight excluding hydrogens is 361 g/mol. The maximum atomic E-state index is 13.1. The van der Waals surface area contributed by atoms with Gasteiger partial charge in [-0.25, -0.2) is 4.39 Å². The minimum atomic E-state index is -0.312. The van der Waals surface area contributed by atoms with E-state index in [1.165, 1.54) is 16.8 Å². The van der Waals surface area contributed by atoms with Gasteiger partial charge in [0.25, 0.3) is 5.91 Å². The highest BCUT2D eigenvalue weighted by Crippen LogP contribution is 2.27. The van der Waals surface area contributed by atoms with Crippen LogP contribution in [0.25, 0.3) is 11.3 Å². The fraction of sp³-hybridized carbons (Fsp3) is 0.238. The van der Waals surface area contributed by atoms with Crippen molar-refractivity contribution in [2.24, 2.45) is 7.05 Å². The van der Waals surface area contributed by atoms with Crippen LogP contribution in [0.3, 0.4) is 0 Å². The second-order valence-electron chi connectivity index (χ2n) is 6.24. The van der Waals surface area contributed by atoms with E-state index in [9.17, 15) is 9.18 Å². The van der Waals surface area contributed by atoms with Crippen molar-refractivity contribution in [2.75, 3.05) is 20.8 Å². The number of hydrogen-bond donors (Lipinski definition) is 1. The molecule has 0 atom stereocenters. The van der Waals surface area contributed by atoms with Gasteiger partial charge in [0.05, 0.1) is 19.9 Å². The molecule has 146 valence electrons. The number of carbonyl (C=O) groups excluding carboxylic acids is 1. The zero-order valence-corrected chi connectivity index (χ0v) is 16.0. The molecule has 0 bridgehead atoms. The Morgan fingerprint density at radius 3 is 2.46 bits per heavy atom. The van der Waals surface area contributed by atoms with E-state index in [-0.39, 0.29) is 11.7 Å². The number of hydrogen-bond acceptors (Lipinski definition) is 4. The minimum Gasteiger partial charge on any atom is -0.493 e. The van der Waals surface area contributed by atoms with Gasteiger partial charge < -0.3 is 14.8 Å². The molecule has 0 aliphatic carbocycles. The van der Waals surface area contributed by atoms with E-state index in [0.717, 1.165) is 11.1 Å². The van der Waals surface area contributed by atoms with Crippen LogP contribution in [0.4, 0.5) is 4.39 Å². The van der Waals surface area contributed by atoms with Gasteiger partial charge in [-0.1, -0.05) is 6.07 Å². The molecule has 0 saturated carbocycles. The smallest absolute Gasteiger partial charge is 0.269 e. The van der Waals surface area contributed by atoms with Crippen LogP contribution in [0.2, 0.25) is 0 Å². The second kappa shape index (κ2) is 8.56. The van der Waals surface area contributed by atoms with Gasteiger partial charge in [0.15, 0.2) is 11.5 Å². The molecule has 0 aliphatic rings. The van der Waals surface area contributed by atoms with Gasteiger partial charge in [-0.3, -0.25) is 9.48 Å². The van der Waals surface area contributed by atoms with E-state index in [4.69, 9.17) is 9.47 Å². The van der Waals surface area contributed by atoms with Crippen molar-refractivity contribution in [3.05, 3.63) is 65.6 Å². The minimum absolute atomic E-state index is 0.219. The molecule has 7 heteroatoms. The third-order valence-corrected chi connectivity index (χ3v) is 4.40.